The van der Waals surface area contributed by atoms with Gasteiger partial charge in [0, 0.05) is 28.9 Å². The molecule has 1 aromatic carbocycles. The molecule has 5 nitrogen and oxygen atoms in total. The van der Waals surface area contributed by atoms with Gasteiger partial charge in [0.15, 0.2) is 5.78 Å². The zero-order valence-corrected chi connectivity index (χ0v) is 27.0. The van der Waals surface area contributed by atoms with E-state index in [4.69, 9.17) is 0 Å². The molecule has 5 atom stereocenters. The molecule has 5 heteroatoms. The molecule has 0 bridgehead atoms. The van der Waals surface area contributed by atoms with E-state index in [9.17, 15) is 9.90 Å². The van der Waals surface area contributed by atoms with Gasteiger partial charge in [0.1, 0.15) is 0 Å². The lowest BCUT2D eigenvalue weighted by atomic mass is 9.81. The quantitative estimate of drug-likeness (QED) is 0.249. The molecule has 41 heavy (non-hydrogen) atoms. The molecule has 0 spiro atoms. The fourth-order valence-corrected chi connectivity index (χ4v) is 7.48. The SMILES string of the molecule is CCN1CCCC(C(C)C(O)c2c(C)[nH]c(C=C3C(=O)CC(CCCN(C)C)C(C)c4ccc(C)cc43)c2C)CC1. The predicted octanol–water partition coefficient (Wildman–Crippen LogP) is 7.31. The van der Waals surface area contributed by atoms with Crippen LogP contribution in [0, 0.1) is 38.5 Å². The Bertz CT molecular complexity index is 1230. The van der Waals surface area contributed by atoms with E-state index in [-0.39, 0.29) is 11.7 Å². The number of benzene rings is 1. The zero-order chi connectivity index (χ0) is 29.8. The van der Waals surface area contributed by atoms with Crippen LogP contribution in [0.5, 0.6) is 0 Å². The average molecular weight is 562 g/mol. The molecule has 2 N–H and O–H groups in total. The number of likely N-dealkylation sites (tertiary alicyclic amines) is 1. The first-order valence-electron chi connectivity index (χ1n) is 16.1. The summed E-state index contributed by atoms with van der Waals surface area (Å²) in [5.74, 6) is 1.60. The summed E-state index contributed by atoms with van der Waals surface area (Å²) in [4.78, 5) is 22.3. The summed E-state index contributed by atoms with van der Waals surface area (Å²) in [6.45, 7) is 17.5. The molecule has 2 heterocycles. The molecule has 1 aliphatic carbocycles. The largest absolute Gasteiger partial charge is 0.388 e. The third-order valence-corrected chi connectivity index (χ3v) is 10.3. The monoisotopic (exact) mass is 561 g/mol. The summed E-state index contributed by atoms with van der Waals surface area (Å²) in [5, 5.41) is 11.7. The number of fused-ring (bicyclic) bond motifs is 1. The van der Waals surface area contributed by atoms with Gasteiger partial charge >= 0.3 is 0 Å². The van der Waals surface area contributed by atoms with Crippen molar-refractivity contribution in [3.8, 4) is 0 Å². The minimum absolute atomic E-state index is 0.187. The summed E-state index contributed by atoms with van der Waals surface area (Å²) >= 11 is 0. The van der Waals surface area contributed by atoms with Gasteiger partial charge in [-0.2, -0.15) is 0 Å². The highest BCUT2D eigenvalue weighted by Gasteiger charge is 2.33. The van der Waals surface area contributed by atoms with Crippen LogP contribution in [0.4, 0.5) is 0 Å². The smallest absolute Gasteiger partial charge is 0.163 e. The minimum atomic E-state index is -0.517. The second-order valence-electron chi connectivity index (χ2n) is 13.4. The molecule has 0 radical (unpaired) electrons. The molecule has 2 aromatic rings. The lowest BCUT2D eigenvalue weighted by Crippen LogP contribution is -2.25. The Morgan fingerprint density at radius 3 is 2.63 bits per heavy atom. The topological polar surface area (TPSA) is 59.6 Å². The number of ketones is 1. The molecule has 1 saturated heterocycles. The van der Waals surface area contributed by atoms with Gasteiger partial charge in [-0.05, 0) is 140 Å². The molecule has 5 unspecified atom stereocenters. The fraction of sp³-hybridized carbons (Fsp3) is 0.639. The average Bonchev–Trinajstić information content (AvgIpc) is 3.06. The second-order valence-corrected chi connectivity index (χ2v) is 13.4. The highest BCUT2D eigenvalue weighted by atomic mass is 16.3. The summed E-state index contributed by atoms with van der Waals surface area (Å²) in [5.41, 5.74) is 8.41. The summed E-state index contributed by atoms with van der Waals surface area (Å²) in [6, 6.07) is 6.63. The van der Waals surface area contributed by atoms with Crippen molar-refractivity contribution in [2.24, 2.45) is 17.8 Å². The number of aryl methyl sites for hydroxylation is 2. The first kappa shape index (κ1) is 31.7. The molecule has 1 fully saturated rings. The van der Waals surface area contributed by atoms with Crippen molar-refractivity contribution < 1.29 is 9.90 Å². The van der Waals surface area contributed by atoms with Crippen molar-refractivity contribution in [1.82, 2.24) is 14.8 Å². The van der Waals surface area contributed by atoms with Crippen molar-refractivity contribution >= 4 is 17.4 Å². The molecule has 2 aliphatic rings. The van der Waals surface area contributed by atoms with Gasteiger partial charge in [0.2, 0.25) is 0 Å². The van der Waals surface area contributed by atoms with E-state index in [1.807, 2.05) is 0 Å². The lowest BCUT2D eigenvalue weighted by Gasteiger charge is -2.28. The third kappa shape index (κ3) is 7.24. The highest BCUT2D eigenvalue weighted by molar-refractivity contribution is 6.26. The first-order valence-corrected chi connectivity index (χ1v) is 16.1. The number of aliphatic hydroxyl groups excluding tert-OH is 1. The van der Waals surface area contributed by atoms with Gasteiger partial charge in [0.25, 0.3) is 0 Å². The van der Waals surface area contributed by atoms with E-state index >= 15 is 0 Å². The standard InChI is InChI=1S/C36H55N3O2/c1-9-39-18-11-12-28(16-19-39)25(4)36(41)35-26(5)33(37-27(35)6)22-32-31-20-23(2)14-15-30(31)24(3)29(21-34(32)40)13-10-17-38(7)8/h14-15,20,22,24-25,28-29,36-37,41H,9-13,16-19,21H2,1-8H3. The Kier molecular flexibility index (Phi) is 10.7. The van der Waals surface area contributed by atoms with Crippen LogP contribution >= 0.6 is 0 Å². The number of H-pyrrole nitrogens is 1. The number of aromatic amines is 1. The van der Waals surface area contributed by atoms with Gasteiger partial charge in [-0.15, -0.1) is 0 Å². The van der Waals surface area contributed by atoms with Crippen molar-refractivity contribution in [1.29, 1.82) is 0 Å². The van der Waals surface area contributed by atoms with Gasteiger partial charge in [-0.1, -0.05) is 44.5 Å². The Morgan fingerprint density at radius 1 is 1.17 bits per heavy atom. The van der Waals surface area contributed by atoms with Gasteiger partial charge in [-0.25, -0.2) is 0 Å². The molecule has 1 aromatic heterocycles. The van der Waals surface area contributed by atoms with Crippen LogP contribution < -0.4 is 0 Å². The van der Waals surface area contributed by atoms with Crippen LogP contribution in [0.25, 0.3) is 11.6 Å². The fourth-order valence-electron chi connectivity index (χ4n) is 7.48. The van der Waals surface area contributed by atoms with Crippen LogP contribution in [0.2, 0.25) is 0 Å². The third-order valence-electron chi connectivity index (χ3n) is 10.3. The molecular formula is C36H55N3O2. The second kappa shape index (κ2) is 13.8. The number of Topliss-reactive ketones (excluding diaryl/α,β-unsaturated/α-hetero) is 1. The number of hydrogen-bond acceptors (Lipinski definition) is 4. The lowest BCUT2D eigenvalue weighted by molar-refractivity contribution is -0.114. The highest BCUT2D eigenvalue weighted by Crippen LogP contribution is 2.42. The first-order chi connectivity index (χ1) is 19.5. The number of rotatable bonds is 9. The maximum absolute atomic E-state index is 13.9. The number of hydrogen-bond donors (Lipinski definition) is 2. The maximum atomic E-state index is 13.9. The van der Waals surface area contributed by atoms with Crippen molar-refractivity contribution in [2.75, 3.05) is 40.3 Å². The zero-order valence-electron chi connectivity index (χ0n) is 27.0. The molecule has 0 saturated carbocycles. The summed E-state index contributed by atoms with van der Waals surface area (Å²) < 4.78 is 0. The van der Waals surface area contributed by atoms with Gasteiger partial charge in [-0.3, -0.25) is 4.79 Å². The van der Waals surface area contributed by atoms with Crippen LogP contribution in [-0.4, -0.2) is 65.9 Å². The number of carbonyl (C=O) groups excluding carboxylic acids is 1. The van der Waals surface area contributed by atoms with Gasteiger partial charge in [0.05, 0.1) is 6.10 Å². The Hall–Kier alpha value is -2.21. The minimum Gasteiger partial charge on any atom is -0.388 e. The summed E-state index contributed by atoms with van der Waals surface area (Å²) in [7, 11) is 4.23. The molecular weight excluding hydrogens is 506 g/mol. The van der Waals surface area contributed by atoms with Crippen LogP contribution in [-0.2, 0) is 4.79 Å². The Balaban J connectivity index is 1.65. The van der Waals surface area contributed by atoms with Crippen LogP contribution in [0.1, 0.15) is 111 Å². The van der Waals surface area contributed by atoms with E-state index in [0.29, 0.717) is 24.2 Å². The molecule has 0 amide bonds. The Morgan fingerprint density at radius 2 is 1.93 bits per heavy atom. The van der Waals surface area contributed by atoms with E-state index < -0.39 is 6.10 Å². The van der Waals surface area contributed by atoms with Gasteiger partial charge < -0.3 is 19.9 Å². The van der Waals surface area contributed by atoms with Crippen LogP contribution in [0.3, 0.4) is 0 Å². The molecule has 1 aliphatic heterocycles. The summed E-state index contributed by atoms with van der Waals surface area (Å²) in [6.07, 6.45) is 7.82. The number of aromatic nitrogens is 1. The van der Waals surface area contributed by atoms with Crippen molar-refractivity contribution in [3.63, 3.8) is 0 Å². The van der Waals surface area contributed by atoms with Crippen molar-refractivity contribution in [2.45, 2.75) is 92.1 Å². The number of carbonyl (C=O) groups is 1. The predicted molar refractivity (Wildman–Crippen MR) is 172 cm³/mol. The van der Waals surface area contributed by atoms with E-state index in [1.54, 1.807) is 0 Å². The van der Waals surface area contributed by atoms with E-state index in [1.165, 1.54) is 30.5 Å². The normalized spacial score (nSPS) is 24.8. The molecule has 4 rings (SSSR count). The number of nitrogens with one attached hydrogen (secondary N) is 1. The number of aliphatic hydroxyl groups is 1. The molecule has 226 valence electrons. The van der Waals surface area contributed by atoms with Crippen LogP contribution in [0.15, 0.2) is 18.2 Å². The Labute approximate surface area is 249 Å². The number of nitrogens with zero attached hydrogens (tertiary/aromatic N) is 2. The number of allylic oxidation sites excluding steroid dienone is 1. The van der Waals surface area contributed by atoms with Crippen molar-refractivity contribution in [3.05, 3.63) is 57.4 Å². The van der Waals surface area contributed by atoms with E-state index in [2.05, 4.69) is 94.7 Å². The van der Waals surface area contributed by atoms with E-state index in [0.717, 1.165) is 72.5 Å². The maximum Gasteiger partial charge on any atom is 0.163 e.